The molecule has 110 valence electrons. The third-order valence-corrected chi connectivity index (χ3v) is 3.61. The fourth-order valence-electron chi connectivity index (χ4n) is 2.37. The fraction of sp³-hybridized carbons (Fsp3) is 0.533. The molecule has 0 spiro atoms. The topological polar surface area (TPSA) is 75.8 Å². The van der Waals surface area contributed by atoms with Crippen molar-refractivity contribution >= 4 is 5.91 Å². The second-order valence-corrected chi connectivity index (χ2v) is 5.16. The molecule has 5 nitrogen and oxygen atoms in total. The number of nitrogens with two attached hydrogens (primary N) is 1. The fourth-order valence-corrected chi connectivity index (χ4v) is 2.37. The third kappa shape index (κ3) is 3.71. The van der Waals surface area contributed by atoms with Gasteiger partial charge in [-0.2, -0.15) is 0 Å². The maximum atomic E-state index is 12.3. The van der Waals surface area contributed by atoms with E-state index >= 15 is 0 Å². The molecule has 1 amide bonds. The van der Waals surface area contributed by atoms with Crippen LogP contribution >= 0.6 is 0 Å². The van der Waals surface area contributed by atoms with Crippen molar-refractivity contribution in [3.05, 3.63) is 29.8 Å². The maximum Gasteiger partial charge on any atom is 0.239 e. The molecule has 1 unspecified atom stereocenters. The summed E-state index contributed by atoms with van der Waals surface area (Å²) >= 11 is 0. The van der Waals surface area contributed by atoms with Crippen LogP contribution in [0.1, 0.15) is 18.9 Å². The molecule has 1 aromatic carbocycles. The first-order valence-electron chi connectivity index (χ1n) is 7.04. The summed E-state index contributed by atoms with van der Waals surface area (Å²) in [5, 5.41) is 9.24. The summed E-state index contributed by atoms with van der Waals surface area (Å²) in [4.78, 5) is 14.1. The van der Waals surface area contributed by atoms with Gasteiger partial charge in [0.1, 0.15) is 5.75 Å². The van der Waals surface area contributed by atoms with Gasteiger partial charge in [-0.15, -0.1) is 0 Å². The van der Waals surface area contributed by atoms with Crippen molar-refractivity contribution in [1.82, 2.24) is 4.90 Å². The molecule has 1 fully saturated rings. The monoisotopic (exact) mass is 278 g/mol. The van der Waals surface area contributed by atoms with Crippen molar-refractivity contribution < 1.29 is 14.6 Å². The highest BCUT2D eigenvalue weighted by Gasteiger charge is 2.26. The molecular formula is C15H22N2O3. The Balaban J connectivity index is 1.92. The van der Waals surface area contributed by atoms with Crippen LogP contribution in [0, 0.1) is 0 Å². The zero-order chi connectivity index (χ0) is 14.5. The van der Waals surface area contributed by atoms with E-state index in [1.54, 1.807) is 29.2 Å². The molecule has 1 aromatic rings. The van der Waals surface area contributed by atoms with Crippen molar-refractivity contribution in [1.29, 1.82) is 0 Å². The molecule has 1 aliphatic heterocycles. The number of ether oxygens (including phenoxy) is 1. The lowest BCUT2D eigenvalue weighted by atomic mass is 10.0. The number of phenolic OH excluding ortho intramolecular Hbond substituents is 1. The second kappa shape index (κ2) is 6.72. The summed E-state index contributed by atoms with van der Waals surface area (Å²) in [7, 11) is 0. The van der Waals surface area contributed by atoms with Gasteiger partial charge >= 0.3 is 0 Å². The number of benzene rings is 1. The molecule has 0 aromatic heterocycles. The van der Waals surface area contributed by atoms with E-state index in [9.17, 15) is 9.90 Å². The number of hydrogen-bond acceptors (Lipinski definition) is 4. The predicted molar refractivity (Wildman–Crippen MR) is 76.4 cm³/mol. The molecule has 0 aliphatic carbocycles. The molecular weight excluding hydrogens is 256 g/mol. The molecule has 1 saturated heterocycles. The quantitative estimate of drug-likeness (QED) is 0.858. The van der Waals surface area contributed by atoms with E-state index in [-0.39, 0.29) is 17.8 Å². The van der Waals surface area contributed by atoms with Gasteiger partial charge in [-0.25, -0.2) is 0 Å². The number of hydrogen-bond donors (Lipinski definition) is 2. The Bertz CT molecular complexity index is 447. The van der Waals surface area contributed by atoms with Gasteiger partial charge < -0.3 is 20.5 Å². The Morgan fingerprint density at radius 2 is 2.20 bits per heavy atom. The molecule has 3 N–H and O–H groups in total. The van der Waals surface area contributed by atoms with Crippen LogP contribution in [-0.2, 0) is 16.0 Å². The molecule has 2 rings (SSSR count). The highest BCUT2D eigenvalue weighted by Crippen LogP contribution is 2.13. The summed E-state index contributed by atoms with van der Waals surface area (Å²) in [5.41, 5.74) is 6.96. The number of carbonyl (C=O) groups is 1. The number of amides is 1. The molecule has 0 saturated carbocycles. The average molecular weight is 278 g/mol. The first-order chi connectivity index (χ1) is 9.60. The molecule has 1 heterocycles. The smallest absolute Gasteiger partial charge is 0.239 e. The SMILES string of the molecule is CCC1CN(C(=O)[C@H](N)Cc2ccc(O)cc2)CCO1. The number of nitrogens with zero attached hydrogens (tertiary/aromatic N) is 1. The van der Waals surface area contributed by atoms with Crippen LogP contribution in [0.3, 0.4) is 0 Å². The summed E-state index contributed by atoms with van der Waals surface area (Å²) in [5.74, 6) is 0.187. The Hall–Kier alpha value is -1.59. The lowest BCUT2D eigenvalue weighted by Crippen LogP contribution is -2.51. The van der Waals surface area contributed by atoms with Crippen molar-refractivity contribution in [3.63, 3.8) is 0 Å². The lowest BCUT2D eigenvalue weighted by Gasteiger charge is -2.34. The van der Waals surface area contributed by atoms with Crippen LogP contribution in [0.15, 0.2) is 24.3 Å². The normalized spacial score (nSPS) is 20.7. The van der Waals surface area contributed by atoms with E-state index < -0.39 is 6.04 Å². The number of phenols is 1. The van der Waals surface area contributed by atoms with E-state index in [2.05, 4.69) is 6.92 Å². The van der Waals surface area contributed by atoms with E-state index in [0.717, 1.165) is 12.0 Å². The van der Waals surface area contributed by atoms with Gasteiger partial charge in [0.2, 0.25) is 5.91 Å². The highest BCUT2D eigenvalue weighted by atomic mass is 16.5. The molecule has 2 atom stereocenters. The zero-order valence-electron chi connectivity index (χ0n) is 11.8. The number of rotatable bonds is 4. The summed E-state index contributed by atoms with van der Waals surface area (Å²) in [6.45, 7) is 3.86. The van der Waals surface area contributed by atoms with E-state index in [1.165, 1.54) is 0 Å². The first-order valence-corrected chi connectivity index (χ1v) is 7.04. The molecule has 5 heteroatoms. The minimum absolute atomic E-state index is 0.0279. The van der Waals surface area contributed by atoms with Gasteiger partial charge in [-0.3, -0.25) is 4.79 Å². The predicted octanol–water partition coefficient (Wildman–Crippen LogP) is 0.899. The molecule has 1 aliphatic rings. The molecule has 0 radical (unpaired) electrons. The summed E-state index contributed by atoms with van der Waals surface area (Å²) in [6.07, 6.45) is 1.50. The van der Waals surface area contributed by atoms with Gasteiger partial charge in [0, 0.05) is 13.1 Å². The minimum Gasteiger partial charge on any atom is -0.508 e. The van der Waals surface area contributed by atoms with Gasteiger partial charge in [-0.1, -0.05) is 19.1 Å². The van der Waals surface area contributed by atoms with Crippen LogP contribution < -0.4 is 5.73 Å². The van der Waals surface area contributed by atoms with E-state index in [1.807, 2.05) is 0 Å². The Morgan fingerprint density at radius 1 is 1.50 bits per heavy atom. The lowest BCUT2D eigenvalue weighted by molar-refractivity contribution is -0.140. The number of morpholine rings is 1. The number of carbonyl (C=O) groups excluding carboxylic acids is 1. The van der Waals surface area contributed by atoms with Crippen LogP contribution in [0.5, 0.6) is 5.75 Å². The van der Waals surface area contributed by atoms with Crippen molar-refractivity contribution in [2.75, 3.05) is 19.7 Å². The van der Waals surface area contributed by atoms with Gasteiger partial charge in [-0.05, 0) is 30.5 Å². The first kappa shape index (κ1) is 14.8. The maximum absolute atomic E-state index is 12.3. The van der Waals surface area contributed by atoms with Gasteiger partial charge in [0.25, 0.3) is 0 Å². The van der Waals surface area contributed by atoms with Gasteiger partial charge in [0.15, 0.2) is 0 Å². The average Bonchev–Trinajstić information content (AvgIpc) is 2.48. The molecule has 20 heavy (non-hydrogen) atoms. The Morgan fingerprint density at radius 3 is 2.85 bits per heavy atom. The van der Waals surface area contributed by atoms with E-state index in [0.29, 0.717) is 26.1 Å². The molecule has 0 bridgehead atoms. The zero-order valence-corrected chi connectivity index (χ0v) is 11.8. The second-order valence-electron chi connectivity index (χ2n) is 5.16. The third-order valence-electron chi connectivity index (χ3n) is 3.61. The highest BCUT2D eigenvalue weighted by molar-refractivity contribution is 5.82. The van der Waals surface area contributed by atoms with E-state index in [4.69, 9.17) is 10.5 Å². The Labute approximate surface area is 119 Å². The summed E-state index contributed by atoms with van der Waals surface area (Å²) < 4.78 is 5.56. The minimum atomic E-state index is -0.546. The van der Waals surface area contributed by atoms with Crippen LogP contribution in [0.4, 0.5) is 0 Å². The van der Waals surface area contributed by atoms with Crippen molar-refractivity contribution in [2.45, 2.75) is 31.9 Å². The Kier molecular flexibility index (Phi) is 4.98. The van der Waals surface area contributed by atoms with Gasteiger partial charge in [0.05, 0.1) is 18.8 Å². The van der Waals surface area contributed by atoms with Crippen LogP contribution in [-0.4, -0.2) is 47.8 Å². The van der Waals surface area contributed by atoms with Crippen molar-refractivity contribution in [3.8, 4) is 5.75 Å². The van der Waals surface area contributed by atoms with Crippen LogP contribution in [0.25, 0.3) is 0 Å². The standard InChI is InChI=1S/C15H22N2O3/c1-2-13-10-17(7-8-20-13)15(19)14(16)9-11-3-5-12(18)6-4-11/h3-6,13-14,18H,2,7-10,16H2,1H3/t13?,14-/m1/s1. The largest absolute Gasteiger partial charge is 0.508 e. The summed E-state index contributed by atoms with van der Waals surface area (Å²) in [6, 6.07) is 6.24. The number of aromatic hydroxyl groups is 1. The van der Waals surface area contributed by atoms with Crippen molar-refractivity contribution in [2.24, 2.45) is 5.73 Å². The van der Waals surface area contributed by atoms with Crippen LogP contribution in [0.2, 0.25) is 0 Å².